The first-order chi connectivity index (χ1) is 8.56. The maximum Gasteiger partial charge on any atom is 0.0705 e. The predicted octanol–water partition coefficient (Wildman–Crippen LogP) is 3.04. The van der Waals surface area contributed by atoms with E-state index in [2.05, 4.69) is 20.9 Å². The summed E-state index contributed by atoms with van der Waals surface area (Å²) in [6.45, 7) is 1.92. The molecule has 0 aliphatic heterocycles. The summed E-state index contributed by atoms with van der Waals surface area (Å²) in [5.41, 5.74) is 8.13. The standard InChI is InChI=1S/C13H13BrN2OS/c1-9-6-11(15)3-5-13(9)18(17)8-12-4-2-10(14)7-16-12/h2-7H,8,15H2,1H3. The van der Waals surface area contributed by atoms with E-state index in [1.807, 2.05) is 31.2 Å². The summed E-state index contributed by atoms with van der Waals surface area (Å²) in [5.74, 6) is 0.415. The largest absolute Gasteiger partial charge is 0.399 e. The lowest BCUT2D eigenvalue weighted by Gasteiger charge is -2.06. The molecule has 94 valence electrons. The molecule has 0 spiro atoms. The van der Waals surface area contributed by atoms with E-state index >= 15 is 0 Å². The Morgan fingerprint density at radius 3 is 2.72 bits per heavy atom. The van der Waals surface area contributed by atoms with E-state index in [0.29, 0.717) is 11.4 Å². The van der Waals surface area contributed by atoms with Gasteiger partial charge < -0.3 is 5.73 Å². The second kappa shape index (κ2) is 5.63. The van der Waals surface area contributed by atoms with E-state index in [-0.39, 0.29) is 0 Å². The van der Waals surface area contributed by atoms with E-state index in [0.717, 1.165) is 20.6 Å². The number of aryl methyl sites for hydroxylation is 1. The fourth-order valence-electron chi connectivity index (χ4n) is 1.63. The van der Waals surface area contributed by atoms with Crippen LogP contribution in [0.1, 0.15) is 11.3 Å². The van der Waals surface area contributed by atoms with Gasteiger partial charge in [-0.3, -0.25) is 9.19 Å². The highest BCUT2D eigenvalue weighted by atomic mass is 79.9. The third-order valence-corrected chi connectivity index (χ3v) is 4.49. The summed E-state index contributed by atoms with van der Waals surface area (Å²) < 4.78 is 13.2. The molecular weight excluding hydrogens is 312 g/mol. The van der Waals surface area contributed by atoms with Crippen molar-refractivity contribution in [3.63, 3.8) is 0 Å². The number of halogens is 1. The molecule has 1 aromatic heterocycles. The summed E-state index contributed by atoms with van der Waals surface area (Å²) in [6.07, 6.45) is 1.71. The molecule has 0 fully saturated rings. The number of nitrogen functional groups attached to an aromatic ring is 1. The molecule has 5 heteroatoms. The van der Waals surface area contributed by atoms with Crippen molar-refractivity contribution in [3.05, 3.63) is 52.3 Å². The number of anilines is 1. The minimum Gasteiger partial charge on any atom is -0.399 e. The third kappa shape index (κ3) is 3.17. The van der Waals surface area contributed by atoms with Crippen molar-refractivity contribution in [2.45, 2.75) is 17.6 Å². The number of aromatic nitrogens is 1. The molecule has 2 rings (SSSR count). The summed E-state index contributed by atoms with van der Waals surface area (Å²) in [7, 11) is -1.09. The highest BCUT2D eigenvalue weighted by Crippen LogP contribution is 2.19. The predicted molar refractivity (Wildman–Crippen MR) is 77.6 cm³/mol. The van der Waals surface area contributed by atoms with Crippen LogP contribution in [0.5, 0.6) is 0 Å². The highest BCUT2D eigenvalue weighted by Gasteiger charge is 2.09. The molecule has 18 heavy (non-hydrogen) atoms. The summed E-state index contributed by atoms with van der Waals surface area (Å²) in [5, 5.41) is 0. The molecule has 0 radical (unpaired) electrons. The van der Waals surface area contributed by atoms with Crippen molar-refractivity contribution in [1.29, 1.82) is 0 Å². The number of hydrogen-bond donors (Lipinski definition) is 1. The average molecular weight is 325 g/mol. The van der Waals surface area contributed by atoms with Crippen LogP contribution in [0.3, 0.4) is 0 Å². The Hall–Kier alpha value is -1.20. The van der Waals surface area contributed by atoms with E-state index in [4.69, 9.17) is 5.73 Å². The molecule has 1 atom stereocenters. The van der Waals surface area contributed by atoms with Crippen molar-refractivity contribution < 1.29 is 4.21 Å². The van der Waals surface area contributed by atoms with Crippen LogP contribution in [0.2, 0.25) is 0 Å². The highest BCUT2D eigenvalue weighted by molar-refractivity contribution is 9.10. The van der Waals surface area contributed by atoms with Gasteiger partial charge in [0.1, 0.15) is 0 Å². The number of benzene rings is 1. The molecule has 3 nitrogen and oxygen atoms in total. The molecule has 0 amide bonds. The molecule has 0 aliphatic carbocycles. The Morgan fingerprint density at radius 2 is 2.11 bits per heavy atom. The van der Waals surface area contributed by atoms with Crippen LogP contribution in [0.15, 0.2) is 45.9 Å². The average Bonchev–Trinajstić information content (AvgIpc) is 2.32. The zero-order valence-electron chi connectivity index (χ0n) is 9.89. The van der Waals surface area contributed by atoms with Gasteiger partial charge in [-0.15, -0.1) is 0 Å². The lowest BCUT2D eigenvalue weighted by molar-refractivity contribution is 0.681. The lowest BCUT2D eigenvalue weighted by atomic mass is 10.2. The van der Waals surface area contributed by atoms with Crippen molar-refractivity contribution in [2.24, 2.45) is 0 Å². The SMILES string of the molecule is Cc1cc(N)ccc1S(=O)Cc1ccc(Br)cn1. The van der Waals surface area contributed by atoms with Gasteiger partial charge in [0.15, 0.2) is 0 Å². The van der Waals surface area contributed by atoms with Gasteiger partial charge in [-0.2, -0.15) is 0 Å². The molecule has 0 aliphatic rings. The number of nitrogens with two attached hydrogens (primary N) is 1. The van der Waals surface area contributed by atoms with Crippen LogP contribution in [0.25, 0.3) is 0 Å². The van der Waals surface area contributed by atoms with Gasteiger partial charge in [0.05, 0.1) is 22.2 Å². The molecule has 2 N–H and O–H groups in total. The van der Waals surface area contributed by atoms with Crippen molar-refractivity contribution in [3.8, 4) is 0 Å². The fourth-order valence-corrected chi connectivity index (χ4v) is 3.10. The molecule has 1 heterocycles. The normalized spacial score (nSPS) is 12.3. The van der Waals surface area contributed by atoms with Crippen LogP contribution < -0.4 is 5.73 Å². The first-order valence-corrected chi connectivity index (χ1v) is 7.52. The zero-order chi connectivity index (χ0) is 13.1. The van der Waals surface area contributed by atoms with Gasteiger partial charge in [-0.1, -0.05) is 0 Å². The first kappa shape index (κ1) is 13.2. The monoisotopic (exact) mass is 324 g/mol. The topological polar surface area (TPSA) is 56.0 Å². The third-order valence-electron chi connectivity index (χ3n) is 2.51. The Morgan fingerprint density at radius 1 is 1.33 bits per heavy atom. The Bertz CT molecular complexity index is 584. The molecule has 1 aromatic carbocycles. The maximum atomic E-state index is 12.2. The second-order valence-electron chi connectivity index (χ2n) is 3.98. The van der Waals surface area contributed by atoms with Gasteiger partial charge in [-0.05, 0) is 58.7 Å². The van der Waals surface area contributed by atoms with Gasteiger partial charge >= 0.3 is 0 Å². The van der Waals surface area contributed by atoms with E-state index in [1.165, 1.54) is 0 Å². The zero-order valence-corrected chi connectivity index (χ0v) is 12.3. The van der Waals surface area contributed by atoms with Crippen LogP contribution >= 0.6 is 15.9 Å². The molecule has 1 unspecified atom stereocenters. The van der Waals surface area contributed by atoms with Crippen LogP contribution in [-0.2, 0) is 16.6 Å². The van der Waals surface area contributed by atoms with Crippen LogP contribution in [-0.4, -0.2) is 9.19 Å². The van der Waals surface area contributed by atoms with Crippen molar-refractivity contribution in [1.82, 2.24) is 4.98 Å². The number of nitrogens with zero attached hydrogens (tertiary/aromatic N) is 1. The van der Waals surface area contributed by atoms with E-state index < -0.39 is 10.8 Å². The summed E-state index contributed by atoms with van der Waals surface area (Å²) >= 11 is 3.32. The molecule has 0 saturated heterocycles. The maximum absolute atomic E-state index is 12.2. The lowest BCUT2D eigenvalue weighted by Crippen LogP contribution is -2.01. The summed E-state index contributed by atoms with van der Waals surface area (Å²) in [6, 6.07) is 9.20. The fraction of sp³-hybridized carbons (Fsp3) is 0.154. The van der Waals surface area contributed by atoms with Crippen molar-refractivity contribution >= 4 is 32.4 Å². The Labute approximate surface area is 117 Å². The van der Waals surface area contributed by atoms with Gasteiger partial charge in [0.25, 0.3) is 0 Å². The summed E-state index contributed by atoms with van der Waals surface area (Å²) in [4.78, 5) is 5.04. The number of pyridine rings is 1. The first-order valence-electron chi connectivity index (χ1n) is 5.41. The van der Waals surface area contributed by atoms with Gasteiger partial charge in [0, 0.05) is 21.3 Å². The van der Waals surface area contributed by atoms with Crippen LogP contribution in [0.4, 0.5) is 5.69 Å². The van der Waals surface area contributed by atoms with E-state index in [9.17, 15) is 4.21 Å². The Balaban J connectivity index is 2.19. The molecule has 0 bridgehead atoms. The minimum absolute atomic E-state index is 0.415. The van der Waals surface area contributed by atoms with E-state index in [1.54, 1.807) is 12.3 Å². The second-order valence-corrected chi connectivity index (χ2v) is 6.32. The molecular formula is C13H13BrN2OS. The number of rotatable bonds is 3. The molecule has 2 aromatic rings. The van der Waals surface area contributed by atoms with Gasteiger partial charge in [-0.25, -0.2) is 0 Å². The Kier molecular flexibility index (Phi) is 4.14. The van der Waals surface area contributed by atoms with Crippen LogP contribution in [0, 0.1) is 6.92 Å². The van der Waals surface area contributed by atoms with Crippen molar-refractivity contribution in [2.75, 3.05) is 5.73 Å². The quantitative estimate of drug-likeness (QED) is 0.883. The molecule has 0 saturated carbocycles. The minimum atomic E-state index is -1.09. The van der Waals surface area contributed by atoms with Gasteiger partial charge in [0.2, 0.25) is 0 Å². The number of hydrogen-bond acceptors (Lipinski definition) is 3. The smallest absolute Gasteiger partial charge is 0.0705 e.